The van der Waals surface area contributed by atoms with Gasteiger partial charge in [-0.25, -0.2) is 23.9 Å². The van der Waals surface area contributed by atoms with Gasteiger partial charge in [0.2, 0.25) is 5.91 Å². The van der Waals surface area contributed by atoms with Crippen molar-refractivity contribution >= 4 is 40.3 Å². The molecule has 2 aromatic carbocycles. The zero-order chi connectivity index (χ0) is 25.8. The van der Waals surface area contributed by atoms with Crippen molar-refractivity contribution in [3.63, 3.8) is 0 Å². The number of carbonyl (C=O) groups is 4. The fourth-order valence-electron chi connectivity index (χ4n) is 3.73. The van der Waals surface area contributed by atoms with Gasteiger partial charge in [-0.1, -0.05) is 36.4 Å². The number of nitrogens with zero attached hydrogens (tertiary/aromatic N) is 2. The minimum absolute atomic E-state index is 0.00833. The summed E-state index contributed by atoms with van der Waals surface area (Å²) in [6.07, 6.45) is 0.0186. The van der Waals surface area contributed by atoms with E-state index in [9.17, 15) is 23.6 Å². The predicted molar refractivity (Wildman–Crippen MR) is 127 cm³/mol. The monoisotopic (exact) mass is 512 g/mol. The maximum atomic E-state index is 14.3. The van der Waals surface area contributed by atoms with Crippen LogP contribution >= 0.6 is 11.3 Å². The number of ether oxygens (including phenoxy) is 2. The van der Waals surface area contributed by atoms with Gasteiger partial charge in [0.1, 0.15) is 12.1 Å². The Hall–Kier alpha value is -4.32. The Balaban J connectivity index is 1.62. The Morgan fingerprint density at radius 1 is 1.19 bits per heavy atom. The summed E-state index contributed by atoms with van der Waals surface area (Å²) in [6, 6.07) is 9.52. The number of imide groups is 1. The lowest BCUT2D eigenvalue weighted by Crippen LogP contribution is -2.49. The van der Waals surface area contributed by atoms with Crippen LogP contribution in [0.5, 0.6) is 5.75 Å². The van der Waals surface area contributed by atoms with Crippen molar-refractivity contribution in [2.75, 3.05) is 19.5 Å². The van der Waals surface area contributed by atoms with Crippen LogP contribution in [0.15, 0.2) is 53.9 Å². The van der Waals surface area contributed by atoms with Crippen molar-refractivity contribution in [2.45, 2.75) is 18.5 Å². The van der Waals surface area contributed by atoms with Crippen molar-refractivity contribution in [3.05, 3.63) is 76.5 Å². The Morgan fingerprint density at radius 3 is 2.61 bits per heavy atom. The largest absolute Gasteiger partial charge is 0.494 e. The van der Waals surface area contributed by atoms with E-state index < -0.39 is 41.7 Å². The number of hydrogen-bond donors (Lipinski definition) is 2. The Labute approximate surface area is 209 Å². The molecular weight excluding hydrogens is 491 g/mol. The van der Waals surface area contributed by atoms with Gasteiger partial charge >= 0.3 is 12.0 Å². The van der Waals surface area contributed by atoms with E-state index in [1.165, 1.54) is 31.7 Å². The highest BCUT2D eigenvalue weighted by Gasteiger charge is 2.45. The van der Waals surface area contributed by atoms with Crippen LogP contribution in [0, 0.1) is 5.82 Å². The number of anilines is 1. The first-order valence-electron chi connectivity index (χ1n) is 10.7. The van der Waals surface area contributed by atoms with E-state index in [0.29, 0.717) is 5.56 Å². The number of hydrogen-bond acceptors (Lipinski definition) is 8. The fourth-order valence-corrected chi connectivity index (χ4v) is 4.42. The first kappa shape index (κ1) is 24.8. The lowest BCUT2D eigenvalue weighted by molar-refractivity contribution is -0.134. The van der Waals surface area contributed by atoms with Gasteiger partial charge < -0.3 is 20.1 Å². The Morgan fingerprint density at radius 2 is 1.94 bits per heavy atom. The highest BCUT2D eigenvalue weighted by molar-refractivity contribution is 7.14. The fraction of sp³-hybridized carbons (Fsp3) is 0.208. The summed E-state index contributed by atoms with van der Waals surface area (Å²) < 4.78 is 23.8. The molecule has 4 amide bonds. The molecular formula is C24H21FN4O6S. The molecule has 2 N–H and O–H groups in total. The molecule has 0 bridgehead atoms. The van der Waals surface area contributed by atoms with E-state index in [1.54, 1.807) is 30.3 Å². The van der Waals surface area contributed by atoms with Crippen LogP contribution in [-0.4, -0.2) is 54.0 Å². The Kier molecular flexibility index (Phi) is 7.25. The van der Waals surface area contributed by atoms with E-state index in [0.717, 1.165) is 22.3 Å². The SMILES string of the molecule is COC(=O)c1csc(NC(=O)[C@H](Cc2ccccc2)N2C(=O)N[C@H](c3ccc(OC)c(F)c3)C2=O)n1. The zero-order valence-electron chi connectivity index (χ0n) is 19.2. The molecule has 1 fully saturated rings. The van der Waals surface area contributed by atoms with E-state index in [-0.39, 0.29) is 28.6 Å². The van der Waals surface area contributed by atoms with Crippen molar-refractivity contribution in [3.8, 4) is 5.75 Å². The third kappa shape index (κ3) is 5.03. The molecule has 3 aromatic rings. The molecule has 36 heavy (non-hydrogen) atoms. The minimum atomic E-state index is -1.25. The quantitative estimate of drug-likeness (QED) is 0.351. The van der Waals surface area contributed by atoms with Crippen LogP contribution in [0.2, 0.25) is 0 Å². The number of carbonyl (C=O) groups excluding carboxylic acids is 4. The second-order valence-corrected chi connectivity index (χ2v) is 8.57. The van der Waals surface area contributed by atoms with E-state index >= 15 is 0 Å². The van der Waals surface area contributed by atoms with Gasteiger partial charge in [-0.2, -0.15) is 0 Å². The van der Waals surface area contributed by atoms with E-state index in [1.807, 2.05) is 0 Å². The molecule has 1 aliphatic rings. The summed E-state index contributed by atoms with van der Waals surface area (Å²) in [5.74, 6) is -2.77. The van der Waals surface area contributed by atoms with Crippen molar-refractivity contribution in [1.29, 1.82) is 0 Å². The third-order valence-electron chi connectivity index (χ3n) is 5.50. The second-order valence-electron chi connectivity index (χ2n) is 7.71. The van der Waals surface area contributed by atoms with Crippen LogP contribution in [-0.2, 0) is 20.7 Å². The summed E-state index contributed by atoms with van der Waals surface area (Å²) in [5, 5.41) is 6.60. The molecule has 12 heteroatoms. The molecule has 2 heterocycles. The molecule has 2 atom stereocenters. The number of thiazole rings is 1. The summed E-state index contributed by atoms with van der Waals surface area (Å²) in [6.45, 7) is 0. The van der Waals surface area contributed by atoms with Crippen LogP contribution in [0.25, 0.3) is 0 Å². The predicted octanol–water partition coefficient (Wildman–Crippen LogP) is 2.92. The number of benzene rings is 2. The highest BCUT2D eigenvalue weighted by Crippen LogP contribution is 2.29. The smallest absolute Gasteiger partial charge is 0.357 e. The molecule has 0 aliphatic carbocycles. The molecule has 4 rings (SSSR count). The van der Waals surface area contributed by atoms with Crippen LogP contribution in [0.3, 0.4) is 0 Å². The number of esters is 1. The maximum Gasteiger partial charge on any atom is 0.357 e. The number of amides is 4. The molecule has 10 nitrogen and oxygen atoms in total. The van der Waals surface area contributed by atoms with Crippen LogP contribution in [0.4, 0.5) is 14.3 Å². The summed E-state index contributed by atoms with van der Waals surface area (Å²) in [5.41, 5.74) is 0.913. The number of nitrogens with one attached hydrogen (secondary N) is 2. The molecule has 186 valence electrons. The minimum Gasteiger partial charge on any atom is -0.494 e. The lowest BCUT2D eigenvalue weighted by atomic mass is 10.0. The van der Waals surface area contributed by atoms with Gasteiger partial charge in [-0.3, -0.25) is 9.59 Å². The molecule has 1 saturated heterocycles. The lowest BCUT2D eigenvalue weighted by Gasteiger charge is -2.24. The molecule has 1 aliphatic heterocycles. The molecule has 0 unspecified atom stereocenters. The molecule has 1 aromatic heterocycles. The van der Waals surface area contributed by atoms with Crippen molar-refractivity contribution in [2.24, 2.45) is 0 Å². The van der Waals surface area contributed by atoms with Gasteiger partial charge in [0.15, 0.2) is 22.4 Å². The normalized spacial score (nSPS) is 15.9. The number of rotatable bonds is 8. The van der Waals surface area contributed by atoms with Gasteiger partial charge in [-0.05, 0) is 23.3 Å². The third-order valence-corrected chi connectivity index (χ3v) is 6.25. The number of aromatic nitrogens is 1. The molecule has 0 spiro atoms. The number of urea groups is 1. The van der Waals surface area contributed by atoms with E-state index in [4.69, 9.17) is 4.74 Å². The van der Waals surface area contributed by atoms with E-state index in [2.05, 4.69) is 20.4 Å². The summed E-state index contributed by atoms with van der Waals surface area (Å²) in [4.78, 5) is 56.1. The second kappa shape index (κ2) is 10.5. The van der Waals surface area contributed by atoms with Crippen LogP contribution in [0.1, 0.15) is 27.7 Å². The first-order valence-corrected chi connectivity index (χ1v) is 11.6. The first-order chi connectivity index (χ1) is 17.3. The molecule has 0 saturated carbocycles. The van der Waals surface area contributed by atoms with Crippen LogP contribution < -0.4 is 15.4 Å². The zero-order valence-corrected chi connectivity index (χ0v) is 20.0. The maximum absolute atomic E-state index is 14.3. The van der Waals surface area contributed by atoms with Gasteiger partial charge in [0, 0.05) is 11.8 Å². The number of methoxy groups -OCH3 is 2. The average molecular weight is 513 g/mol. The molecule has 0 radical (unpaired) electrons. The summed E-state index contributed by atoms with van der Waals surface area (Å²) >= 11 is 0.990. The summed E-state index contributed by atoms with van der Waals surface area (Å²) in [7, 11) is 2.52. The van der Waals surface area contributed by atoms with Gasteiger partial charge in [-0.15, -0.1) is 11.3 Å². The van der Waals surface area contributed by atoms with Crippen molar-refractivity contribution in [1.82, 2.24) is 15.2 Å². The van der Waals surface area contributed by atoms with Crippen molar-refractivity contribution < 1.29 is 33.0 Å². The van der Waals surface area contributed by atoms with Gasteiger partial charge in [0.05, 0.1) is 14.2 Å². The van der Waals surface area contributed by atoms with Gasteiger partial charge in [0.25, 0.3) is 5.91 Å². The average Bonchev–Trinajstić information content (AvgIpc) is 3.46. The topological polar surface area (TPSA) is 127 Å². The standard InChI is InChI=1S/C24H21FN4O6S/c1-34-18-9-8-14(11-15(18)25)19-21(31)29(24(33)27-19)17(10-13-6-4-3-5-7-13)20(30)28-23-26-16(12-36-23)22(32)35-2/h3-9,11-12,17,19H,10H2,1-2H3,(H,27,33)(H,26,28,30)/t17-,19+/m0/s1. The highest BCUT2D eigenvalue weighted by atomic mass is 32.1. The number of halogens is 1. The Bertz CT molecular complexity index is 1310.